The van der Waals surface area contributed by atoms with Gasteiger partial charge >= 0.3 is 0 Å². The summed E-state index contributed by atoms with van der Waals surface area (Å²) in [5, 5.41) is 9.93. The predicted octanol–water partition coefficient (Wildman–Crippen LogP) is 1.62. The van der Waals surface area contributed by atoms with Gasteiger partial charge in [0.05, 0.1) is 6.20 Å². The normalized spacial score (nSPS) is 24.3. The summed E-state index contributed by atoms with van der Waals surface area (Å²) < 4.78 is 15.4. The first-order valence-corrected chi connectivity index (χ1v) is 9.92. The summed E-state index contributed by atoms with van der Waals surface area (Å²) in [6, 6.07) is 0.500. The van der Waals surface area contributed by atoms with Crippen LogP contribution in [0.3, 0.4) is 0 Å². The van der Waals surface area contributed by atoms with E-state index in [-0.39, 0.29) is 17.6 Å². The lowest BCUT2D eigenvalue weighted by atomic mass is 9.86. The van der Waals surface area contributed by atoms with E-state index in [1.165, 1.54) is 0 Å². The number of aromatic amines is 1. The molecule has 1 aliphatic heterocycles. The van der Waals surface area contributed by atoms with E-state index in [2.05, 4.69) is 35.4 Å². The van der Waals surface area contributed by atoms with Gasteiger partial charge in [0.2, 0.25) is 5.95 Å². The van der Waals surface area contributed by atoms with Crippen molar-refractivity contribution < 1.29 is 9.18 Å². The van der Waals surface area contributed by atoms with Crippen molar-refractivity contribution in [1.82, 2.24) is 39.9 Å². The minimum Gasteiger partial charge on any atom is -0.348 e. The van der Waals surface area contributed by atoms with Crippen molar-refractivity contribution in [3.05, 3.63) is 30.6 Å². The van der Waals surface area contributed by atoms with Crippen molar-refractivity contribution in [2.45, 2.75) is 50.4 Å². The number of hydrogen-bond acceptors (Lipinski definition) is 6. The Morgan fingerprint density at radius 2 is 2.07 bits per heavy atom. The highest BCUT2D eigenvalue weighted by atomic mass is 19.1. The maximum atomic E-state index is 13.8. The van der Waals surface area contributed by atoms with Gasteiger partial charge in [-0.05, 0) is 32.6 Å². The van der Waals surface area contributed by atoms with Crippen molar-refractivity contribution >= 4 is 16.9 Å². The van der Waals surface area contributed by atoms with Gasteiger partial charge in [0.15, 0.2) is 5.69 Å². The number of rotatable bonds is 4. The zero-order valence-corrected chi connectivity index (χ0v) is 16.2. The molecule has 10 heteroatoms. The van der Waals surface area contributed by atoms with Gasteiger partial charge in [-0.3, -0.25) is 19.4 Å². The first-order valence-electron chi connectivity index (χ1n) is 9.92. The van der Waals surface area contributed by atoms with Gasteiger partial charge in [0.1, 0.15) is 23.0 Å². The SMILES string of the molecule is CC1(F)CN(C2CCC(NC(=O)c3nc(-n4ccnc4)nc4cn[nH]c34)CC2)C1. The topological polar surface area (TPSA) is 105 Å². The van der Waals surface area contributed by atoms with E-state index in [1.807, 2.05) is 0 Å². The molecule has 1 amide bonds. The average Bonchev–Trinajstić information content (AvgIpc) is 3.37. The summed E-state index contributed by atoms with van der Waals surface area (Å²) in [5.74, 6) is 0.129. The van der Waals surface area contributed by atoms with Crippen molar-refractivity contribution in [2.75, 3.05) is 13.1 Å². The molecule has 2 aliphatic rings. The molecule has 3 aromatic heterocycles. The van der Waals surface area contributed by atoms with E-state index in [0.29, 0.717) is 36.1 Å². The highest BCUT2D eigenvalue weighted by Gasteiger charge is 2.42. The number of H-pyrrole nitrogens is 1. The number of fused-ring (bicyclic) bond motifs is 1. The molecule has 0 spiro atoms. The monoisotopic (exact) mass is 398 g/mol. The van der Waals surface area contributed by atoms with Crippen LogP contribution in [-0.4, -0.2) is 71.4 Å². The number of carbonyl (C=O) groups excluding carboxylic acids is 1. The lowest BCUT2D eigenvalue weighted by Crippen LogP contribution is -2.61. The van der Waals surface area contributed by atoms with Crippen LogP contribution >= 0.6 is 0 Å². The number of likely N-dealkylation sites (tertiary alicyclic amines) is 1. The number of halogens is 1. The third kappa shape index (κ3) is 3.48. The smallest absolute Gasteiger partial charge is 0.272 e. The molecule has 0 bridgehead atoms. The second-order valence-electron chi connectivity index (χ2n) is 8.27. The summed E-state index contributed by atoms with van der Waals surface area (Å²) in [4.78, 5) is 28.1. The molecule has 9 nitrogen and oxygen atoms in total. The molecular formula is C19H23FN8O. The van der Waals surface area contributed by atoms with Crippen molar-refractivity contribution in [3.8, 4) is 5.95 Å². The molecule has 1 saturated heterocycles. The van der Waals surface area contributed by atoms with Gasteiger partial charge in [-0.15, -0.1) is 0 Å². The van der Waals surface area contributed by atoms with E-state index in [9.17, 15) is 9.18 Å². The van der Waals surface area contributed by atoms with E-state index in [1.54, 1.807) is 36.4 Å². The first kappa shape index (κ1) is 18.2. The van der Waals surface area contributed by atoms with Crippen LogP contribution in [0, 0.1) is 0 Å². The molecular weight excluding hydrogens is 375 g/mol. The van der Waals surface area contributed by atoms with Gasteiger partial charge < -0.3 is 5.32 Å². The number of nitrogens with zero attached hydrogens (tertiary/aromatic N) is 6. The first-order chi connectivity index (χ1) is 14.0. The zero-order valence-electron chi connectivity index (χ0n) is 16.2. The molecule has 1 aliphatic carbocycles. The summed E-state index contributed by atoms with van der Waals surface area (Å²) in [6.07, 6.45) is 10.2. The maximum Gasteiger partial charge on any atom is 0.272 e. The molecule has 0 atom stereocenters. The summed E-state index contributed by atoms with van der Waals surface area (Å²) in [6.45, 7) is 2.69. The molecule has 0 aromatic carbocycles. The highest BCUT2D eigenvalue weighted by Crippen LogP contribution is 2.32. The molecule has 29 heavy (non-hydrogen) atoms. The van der Waals surface area contributed by atoms with Crippen LogP contribution < -0.4 is 5.32 Å². The van der Waals surface area contributed by atoms with E-state index >= 15 is 0 Å². The number of hydrogen-bond donors (Lipinski definition) is 2. The Hall–Kier alpha value is -2.88. The zero-order chi connectivity index (χ0) is 20.0. The molecule has 1 saturated carbocycles. The minimum absolute atomic E-state index is 0.0846. The molecule has 0 radical (unpaired) electrons. The fourth-order valence-electron chi connectivity index (χ4n) is 4.38. The number of nitrogens with one attached hydrogen (secondary N) is 2. The standard InChI is InChI=1S/C19H23FN8O/c1-19(20)9-28(10-19)13-4-2-12(3-5-13)23-17(29)16-15-14(8-22-26-15)24-18(25-16)27-7-6-21-11-27/h6-8,11-13H,2-5,9-10H2,1H3,(H,22,26)(H,23,29). The summed E-state index contributed by atoms with van der Waals surface area (Å²) in [5.41, 5.74) is 0.322. The molecule has 2 fully saturated rings. The fraction of sp³-hybridized carbons (Fsp3) is 0.526. The Morgan fingerprint density at radius 1 is 1.28 bits per heavy atom. The predicted molar refractivity (Wildman–Crippen MR) is 103 cm³/mol. The summed E-state index contributed by atoms with van der Waals surface area (Å²) in [7, 11) is 0. The maximum absolute atomic E-state index is 13.8. The minimum atomic E-state index is -1.04. The third-order valence-corrected chi connectivity index (χ3v) is 5.85. The lowest BCUT2D eigenvalue weighted by Gasteiger charge is -2.48. The Bertz CT molecular complexity index is 1010. The third-order valence-electron chi connectivity index (χ3n) is 5.85. The second-order valence-corrected chi connectivity index (χ2v) is 8.27. The van der Waals surface area contributed by atoms with Crippen LogP contribution in [-0.2, 0) is 0 Å². The largest absolute Gasteiger partial charge is 0.348 e. The Kier molecular flexibility index (Phi) is 4.30. The van der Waals surface area contributed by atoms with Crippen molar-refractivity contribution in [1.29, 1.82) is 0 Å². The van der Waals surface area contributed by atoms with Crippen LogP contribution in [0.25, 0.3) is 17.0 Å². The lowest BCUT2D eigenvalue weighted by molar-refractivity contribution is -0.0538. The highest BCUT2D eigenvalue weighted by molar-refractivity contribution is 6.02. The van der Waals surface area contributed by atoms with Crippen LogP contribution in [0.15, 0.2) is 24.9 Å². The number of carbonyl (C=O) groups is 1. The summed E-state index contributed by atoms with van der Waals surface area (Å²) >= 11 is 0. The molecule has 152 valence electrons. The van der Waals surface area contributed by atoms with Crippen LogP contribution in [0.4, 0.5) is 4.39 Å². The van der Waals surface area contributed by atoms with Crippen LogP contribution in [0.1, 0.15) is 43.1 Å². The second kappa shape index (κ2) is 6.87. The van der Waals surface area contributed by atoms with Crippen LogP contribution in [0.5, 0.6) is 0 Å². The van der Waals surface area contributed by atoms with Gasteiger partial charge in [0.25, 0.3) is 5.91 Å². The number of imidazole rings is 1. The Labute approximate surface area is 166 Å². The van der Waals surface area contributed by atoms with E-state index in [0.717, 1.165) is 25.7 Å². The molecule has 4 heterocycles. The Morgan fingerprint density at radius 3 is 2.76 bits per heavy atom. The van der Waals surface area contributed by atoms with E-state index in [4.69, 9.17) is 0 Å². The number of alkyl halides is 1. The van der Waals surface area contributed by atoms with Gasteiger partial charge in [-0.1, -0.05) is 0 Å². The van der Waals surface area contributed by atoms with Gasteiger partial charge in [-0.2, -0.15) is 5.10 Å². The molecule has 5 rings (SSSR count). The van der Waals surface area contributed by atoms with Gasteiger partial charge in [-0.25, -0.2) is 19.3 Å². The van der Waals surface area contributed by atoms with E-state index < -0.39 is 5.67 Å². The molecule has 3 aromatic rings. The fourth-order valence-corrected chi connectivity index (χ4v) is 4.38. The Balaban J connectivity index is 1.28. The number of aromatic nitrogens is 6. The van der Waals surface area contributed by atoms with Crippen LogP contribution in [0.2, 0.25) is 0 Å². The van der Waals surface area contributed by atoms with Crippen molar-refractivity contribution in [2.24, 2.45) is 0 Å². The molecule has 0 unspecified atom stereocenters. The average molecular weight is 398 g/mol. The number of amides is 1. The van der Waals surface area contributed by atoms with Gasteiger partial charge in [0, 0.05) is 37.6 Å². The quantitative estimate of drug-likeness (QED) is 0.692. The van der Waals surface area contributed by atoms with Crippen molar-refractivity contribution in [3.63, 3.8) is 0 Å². The molecule has 2 N–H and O–H groups in total.